The first-order valence-electron chi connectivity index (χ1n) is 10.8. The molecule has 0 aromatic heterocycles. The SMILES string of the molecule is CCN(CC)C(=O)c1ccccc1NC(=O)CN(c1ccc(F)cc1)S(=O)(=O)c1ccccc1. The van der Waals surface area contributed by atoms with Gasteiger partial charge in [-0.3, -0.25) is 13.9 Å². The highest BCUT2D eigenvalue weighted by molar-refractivity contribution is 7.92. The lowest BCUT2D eigenvalue weighted by atomic mass is 10.1. The second-order valence-corrected chi connectivity index (χ2v) is 9.23. The molecule has 3 aromatic rings. The van der Waals surface area contributed by atoms with Gasteiger partial charge in [0, 0.05) is 13.1 Å². The lowest BCUT2D eigenvalue weighted by Gasteiger charge is -2.25. The van der Waals surface area contributed by atoms with E-state index in [-0.39, 0.29) is 22.2 Å². The van der Waals surface area contributed by atoms with Crippen LogP contribution in [0.4, 0.5) is 15.8 Å². The van der Waals surface area contributed by atoms with Gasteiger partial charge in [0.05, 0.1) is 21.8 Å². The number of halogens is 1. The topological polar surface area (TPSA) is 86.8 Å². The van der Waals surface area contributed by atoms with Gasteiger partial charge in [0.25, 0.3) is 15.9 Å². The van der Waals surface area contributed by atoms with Crippen molar-refractivity contribution in [2.24, 2.45) is 0 Å². The molecule has 0 saturated heterocycles. The Balaban J connectivity index is 1.92. The number of hydrogen-bond donors (Lipinski definition) is 1. The third kappa shape index (κ3) is 5.60. The van der Waals surface area contributed by atoms with E-state index in [1.165, 1.54) is 24.3 Å². The van der Waals surface area contributed by atoms with Gasteiger partial charge >= 0.3 is 0 Å². The van der Waals surface area contributed by atoms with Crippen LogP contribution in [-0.4, -0.2) is 44.8 Å². The number of nitrogens with zero attached hydrogens (tertiary/aromatic N) is 2. The molecular weight excluding hydrogens is 457 g/mol. The Hall–Kier alpha value is -3.72. The molecule has 0 bridgehead atoms. The maximum absolute atomic E-state index is 13.5. The summed E-state index contributed by atoms with van der Waals surface area (Å²) in [6, 6.07) is 19.1. The average Bonchev–Trinajstić information content (AvgIpc) is 2.84. The van der Waals surface area contributed by atoms with Crippen molar-refractivity contribution in [3.8, 4) is 0 Å². The Labute approximate surface area is 198 Å². The second-order valence-electron chi connectivity index (χ2n) is 7.37. The second kappa shape index (κ2) is 10.9. The zero-order valence-electron chi connectivity index (χ0n) is 18.9. The molecule has 178 valence electrons. The van der Waals surface area contributed by atoms with Gasteiger partial charge in [-0.15, -0.1) is 0 Å². The van der Waals surface area contributed by atoms with Gasteiger partial charge in [-0.2, -0.15) is 0 Å². The number of carbonyl (C=O) groups excluding carboxylic acids is 2. The molecule has 1 N–H and O–H groups in total. The van der Waals surface area contributed by atoms with E-state index in [0.29, 0.717) is 18.7 Å². The van der Waals surface area contributed by atoms with Crippen molar-refractivity contribution in [2.75, 3.05) is 29.3 Å². The number of nitrogens with one attached hydrogen (secondary N) is 1. The van der Waals surface area contributed by atoms with Crippen LogP contribution in [0, 0.1) is 5.82 Å². The molecule has 7 nitrogen and oxygen atoms in total. The molecule has 9 heteroatoms. The van der Waals surface area contributed by atoms with Crippen LogP contribution in [0.1, 0.15) is 24.2 Å². The highest BCUT2D eigenvalue weighted by Crippen LogP contribution is 2.24. The fourth-order valence-corrected chi connectivity index (χ4v) is 4.86. The van der Waals surface area contributed by atoms with Crippen molar-refractivity contribution in [1.29, 1.82) is 0 Å². The summed E-state index contributed by atoms with van der Waals surface area (Å²) in [6.07, 6.45) is 0. The highest BCUT2D eigenvalue weighted by atomic mass is 32.2. The van der Waals surface area contributed by atoms with E-state index in [1.807, 2.05) is 13.8 Å². The summed E-state index contributed by atoms with van der Waals surface area (Å²) in [5, 5.41) is 2.66. The molecule has 0 radical (unpaired) electrons. The van der Waals surface area contributed by atoms with Crippen LogP contribution < -0.4 is 9.62 Å². The van der Waals surface area contributed by atoms with Crippen LogP contribution in [0.2, 0.25) is 0 Å². The third-order valence-electron chi connectivity index (χ3n) is 5.22. The summed E-state index contributed by atoms with van der Waals surface area (Å²) in [6.45, 7) is 4.16. The average molecular weight is 484 g/mol. The normalized spacial score (nSPS) is 11.0. The van der Waals surface area contributed by atoms with Gasteiger partial charge in [-0.05, 0) is 62.4 Å². The van der Waals surface area contributed by atoms with E-state index in [9.17, 15) is 22.4 Å². The predicted molar refractivity (Wildman–Crippen MR) is 130 cm³/mol. The van der Waals surface area contributed by atoms with E-state index < -0.39 is 28.3 Å². The van der Waals surface area contributed by atoms with Crippen molar-refractivity contribution in [2.45, 2.75) is 18.7 Å². The molecule has 3 rings (SSSR count). The van der Waals surface area contributed by atoms with Crippen LogP contribution >= 0.6 is 0 Å². The molecule has 0 saturated carbocycles. The van der Waals surface area contributed by atoms with E-state index in [4.69, 9.17) is 0 Å². The quantitative estimate of drug-likeness (QED) is 0.496. The molecule has 0 atom stereocenters. The molecule has 0 aliphatic carbocycles. The van der Waals surface area contributed by atoms with Crippen LogP contribution in [0.25, 0.3) is 0 Å². The first-order chi connectivity index (χ1) is 16.3. The summed E-state index contributed by atoms with van der Waals surface area (Å²) < 4.78 is 41.1. The molecule has 0 fully saturated rings. The van der Waals surface area contributed by atoms with Crippen molar-refractivity contribution in [3.63, 3.8) is 0 Å². The number of anilines is 2. The number of rotatable bonds is 9. The van der Waals surface area contributed by atoms with E-state index in [0.717, 1.165) is 16.4 Å². The number of hydrogen-bond acceptors (Lipinski definition) is 4. The molecule has 0 aliphatic rings. The van der Waals surface area contributed by atoms with Crippen LogP contribution in [0.15, 0.2) is 83.8 Å². The first kappa shape index (κ1) is 24.9. The maximum atomic E-state index is 13.5. The number of carbonyl (C=O) groups is 2. The van der Waals surface area contributed by atoms with Crippen molar-refractivity contribution in [3.05, 3.63) is 90.2 Å². The highest BCUT2D eigenvalue weighted by Gasteiger charge is 2.28. The van der Waals surface area contributed by atoms with Gasteiger partial charge in [-0.1, -0.05) is 30.3 Å². The molecule has 0 spiro atoms. The zero-order valence-corrected chi connectivity index (χ0v) is 19.8. The summed E-state index contributed by atoms with van der Waals surface area (Å²) in [7, 11) is -4.13. The van der Waals surface area contributed by atoms with Crippen molar-refractivity contribution >= 4 is 33.2 Å². The Bertz CT molecular complexity index is 1240. The Morgan fingerprint density at radius 3 is 2.06 bits per heavy atom. The first-order valence-corrected chi connectivity index (χ1v) is 12.2. The predicted octanol–water partition coefficient (Wildman–Crippen LogP) is 4.14. The van der Waals surface area contributed by atoms with Gasteiger partial charge in [0.2, 0.25) is 5.91 Å². The monoisotopic (exact) mass is 483 g/mol. The number of amides is 2. The van der Waals surface area contributed by atoms with Gasteiger partial charge < -0.3 is 10.2 Å². The third-order valence-corrected chi connectivity index (χ3v) is 7.00. The number of sulfonamides is 1. The van der Waals surface area contributed by atoms with E-state index in [2.05, 4.69) is 5.32 Å². The molecule has 3 aromatic carbocycles. The Morgan fingerprint density at radius 1 is 0.853 bits per heavy atom. The van der Waals surface area contributed by atoms with Crippen molar-refractivity contribution < 1.29 is 22.4 Å². The minimum Gasteiger partial charge on any atom is -0.339 e. The maximum Gasteiger partial charge on any atom is 0.264 e. The Morgan fingerprint density at radius 2 is 1.44 bits per heavy atom. The summed E-state index contributed by atoms with van der Waals surface area (Å²) in [4.78, 5) is 27.5. The summed E-state index contributed by atoms with van der Waals surface area (Å²) >= 11 is 0. The minimum absolute atomic E-state index is 0.00997. The molecule has 2 amide bonds. The summed E-state index contributed by atoms with van der Waals surface area (Å²) in [5.41, 5.74) is 0.715. The van der Waals surface area contributed by atoms with Crippen LogP contribution in [0.5, 0.6) is 0 Å². The number of para-hydroxylation sites is 1. The molecular formula is C25H26FN3O4S. The smallest absolute Gasteiger partial charge is 0.264 e. The largest absolute Gasteiger partial charge is 0.339 e. The molecule has 0 heterocycles. The lowest BCUT2D eigenvalue weighted by molar-refractivity contribution is -0.114. The molecule has 0 unspecified atom stereocenters. The fourth-order valence-electron chi connectivity index (χ4n) is 3.42. The fraction of sp³-hybridized carbons (Fsp3) is 0.200. The number of benzene rings is 3. The minimum atomic E-state index is -4.13. The Kier molecular flexibility index (Phi) is 8.01. The van der Waals surface area contributed by atoms with E-state index >= 15 is 0 Å². The standard InChI is InChI=1S/C25H26FN3O4S/c1-3-28(4-2)25(31)22-12-8-9-13-23(22)27-24(30)18-29(20-16-14-19(26)15-17-20)34(32,33)21-10-6-5-7-11-21/h5-17H,3-4,18H2,1-2H3,(H,27,30). The van der Waals surface area contributed by atoms with Gasteiger partial charge in [0.1, 0.15) is 12.4 Å². The van der Waals surface area contributed by atoms with Crippen LogP contribution in [0.3, 0.4) is 0 Å². The molecule has 0 aliphatic heterocycles. The van der Waals surface area contributed by atoms with Crippen molar-refractivity contribution in [1.82, 2.24) is 4.90 Å². The summed E-state index contributed by atoms with van der Waals surface area (Å²) in [5.74, 6) is -1.43. The van der Waals surface area contributed by atoms with Gasteiger partial charge in [-0.25, -0.2) is 12.8 Å². The van der Waals surface area contributed by atoms with Crippen LogP contribution in [-0.2, 0) is 14.8 Å². The van der Waals surface area contributed by atoms with E-state index in [1.54, 1.807) is 47.4 Å². The lowest BCUT2D eigenvalue weighted by Crippen LogP contribution is -2.38. The molecule has 34 heavy (non-hydrogen) atoms. The van der Waals surface area contributed by atoms with Gasteiger partial charge in [0.15, 0.2) is 0 Å². The zero-order chi connectivity index (χ0) is 24.7.